The van der Waals surface area contributed by atoms with Gasteiger partial charge in [-0.3, -0.25) is 0 Å². The molecule has 0 unspecified atom stereocenters. The van der Waals surface area contributed by atoms with Crippen molar-refractivity contribution < 1.29 is 19.1 Å². The van der Waals surface area contributed by atoms with Crippen LogP contribution in [0.1, 0.15) is 41.5 Å². The molecule has 0 aromatic carbocycles. The number of ether oxygens (including phenoxy) is 2. The Labute approximate surface area is 135 Å². The molecule has 7 heteroatoms. The Morgan fingerprint density at radius 3 is 1.77 bits per heavy atom. The Balaban J connectivity index is 3.12. The van der Waals surface area contributed by atoms with Crippen LogP contribution in [0.25, 0.3) is 0 Å². The van der Waals surface area contributed by atoms with Gasteiger partial charge in [0, 0.05) is 0 Å². The predicted octanol–water partition coefficient (Wildman–Crippen LogP) is 4.41. The van der Waals surface area contributed by atoms with Gasteiger partial charge < -0.3 is 9.47 Å². The maximum Gasteiger partial charge on any atom is 0.424 e. The van der Waals surface area contributed by atoms with E-state index in [-0.39, 0.29) is 10.8 Å². The molecule has 0 N–H and O–H groups in total. The lowest BCUT2D eigenvalue weighted by Gasteiger charge is -2.28. The van der Waals surface area contributed by atoms with Crippen LogP contribution in [0.2, 0.25) is 5.15 Å². The molecule has 0 aliphatic rings. The molecule has 1 heterocycles. The molecule has 0 saturated heterocycles. The topological polar surface area (TPSA) is 68.7 Å². The summed E-state index contributed by atoms with van der Waals surface area (Å²) in [4.78, 5) is 29.3. The molecule has 1 aromatic rings. The third kappa shape index (κ3) is 5.89. The lowest BCUT2D eigenvalue weighted by Crippen LogP contribution is -2.43. The van der Waals surface area contributed by atoms with Crippen molar-refractivity contribution in [1.29, 1.82) is 0 Å². The van der Waals surface area contributed by atoms with Gasteiger partial charge in [-0.15, -0.1) is 0 Å². The summed E-state index contributed by atoms with van der Waals surface area (Å²) in [5, 5.41) is 0.247. The number of carbonyl (C=O) groups excluding carboxylic acids is 2. The van der Waals surface area contributed by atoms with Crippen molar-refractivity contribution in [1.82, 2.24) is 4.98 Å². The summed E-state index contributed by atoms with van der Waals surface area (Å²) in [6, 6.07) is 2.96. The molecular weight excluding hydrogens is 308 g/mol. The van der Waals surface area contributed by atoms with E-state index in [1.165, 1.54) is 18.3 Å². The van der Waals surface area contributed by atoms with Crippen molar-refractivity contribution in [2.75, 3.05) is 4.90 Å². The van der Waals surface area contributed by atoms with Gasteiger partial charge in [-0.05, 0) is 53.7 Å². The molecule has 1 aromatic heterocycles. The molecule has 0 saturated carbocycles. The highest BCUT2D eigenvalue weighted by atomic mass is 35.5. The second kappa shape index (κ2) is 6.52. The lowest BCUT2D eigenvalue weighted by molar-refractivity contribution is 0.0430. The van der Waals surface area contributed by atoms with Crippen LogP contribution in [0.5, 0.6) is 0 Å². The van der Waals surface area contributed by atoms with Crippen LogP contribution < -0.4 is 4.90 Å². The number of imide groups is 1. The lowest BCUT2D eigenvalue weighted by atomic mass is 10.2. The second-order valence-electron chi connectivity index (χ2n) is 6.64. The number of hydrogen-bond donors (Lipinski definition) is 0. The summed E-state index contributed by atoms with van der Waals surface area (Å²) >= 11 is 5.73. The number of anilines is 1. The highest BCUT2D eigenvalue weighted by Gasteiger charge is 2.32. The molecule has 22 heavy (non-hydrogen) atoms. The number of aromatic nitrogens is 1. The normalized spacial score (nSPS) is 11.8. The first-order valence-electron chi connectivity index (χ1n) is 6.77. The van der Waals surface area contributed by atoms with E-state index >= 15 is 0 Å². The Bertz CT molecular complexity index is 516. The molecule has 0 fully saturated rings. The Morgan fingerprint density at radius 2 is 1.45 bits per heavy atom. The molecule has 0 spiro atoms. The van der Waals surface area contributed by atoms with Crippen LogP contribution >= 0.6 is 11.6 Å². The summed E-state index contributed by atoms with van der Waals surface area (Å²) in [6.07, 6.45) is -0.382. The standard InChI is InChI=1S/C15H21ClN2O4/c1-14(2,3)21-12(19)18(13(20)22-15(4,5)6)10-7-8-11(16)17-9-10/h7-9H,1-6H3. The van der Waals surface area contributed by atoms with Crippen molar-refractivity contribution in [3.8, 4) is 0 Å². The molecule has 0 bridgehead atoms. The van der Waals surface area contributed by atoms with Gasteiger partial charge in [0.2, 0.25) is 0 Å². The first-order chi connectivity index (χ1) is 9.89. The number of rotatable bonds is 1. The summed E-state index contributed by atoms with van der Waals surface area (Å²) in [7, 11) is 0. The van der Waals surface area contributed by atoms with E-state index in [1.807, 2.05) is 0 Å². The van der Waals surface area contributed by atoms with Crippen LogP contribution in [-0.4, -0.2) is 28.4 Å². The molecule has 2 amide bonds. The van der Waals surface area contributed by atoms with Crippen LogP contribution in [0.3, 0.4) is 0 Å². The molecule has 0 atom stereocenters. The van der Waals surface area contributed by atoms with Crippen molar-refractivity contribution in [2.24, 2.45) is 0 Å². The fourth-order valence-corrected chi connectivity index (χ4v) is 1.51. The summed E-state index contributed by atoms with van der Waals surface area (Å²) in [6.45, 7) is 10.2. The smallest absolute Gasteiger partial charge is 0.424 e. The van der Waals surface area contributed by atoms with E-state index in [0.29, 0.717) is 0 Å². The summed E-state index contributed by atoms with van der Waals surface area (Å²) in [5.74, 6) is 0. The number of nitrogens with zero attached hydrogens (tertiary/aromatic N) is 2. The number of hydrogen-bond acceptors (Lipinski definition) is 5. The van der Waals surface area contributed by atoms with E-state index in [9.17, 15) is 9.59 Å². The van der Waals surface area contributed by atoms with Gasteiger partial charge in [0.25, 0.3) is 0 Å². The SMILES string of the molecule is CC(C)(C)OC(=O)N(C(=O)OC(C)(C)C)c1ccc(Cl)nc1. The quantitative estimate of drug-likeness (QED) is 0.714. The van der Waals surface area contributed by atoms with Crippen LogP contribution in [0.15, 0.2) is 18.3 Å². The zero-order valence-electron chi connectivity index (χ0n) is 13.6. The minimum Gasteiger partial charge on any atom is -0.443 e. The van der Waals surface area contributed by atoms with Crippen LogP contribution in [0.4, 0.5) is 15.3 Å². The van der Waals surface area contributed by atoms with Crippen LogP contribution in [0, 0.1) is 0 Å². The molecule has 0 aliphatic heterocycles. The molecule has 6 nitrogen and oxygen atoms in total. The number of pyridine rings is 1. The summed E-state index contributed by atoms with van der Waals surface area (Å²) in [5.41, 5.74) is -1.29. The first kappa shape index (κ1) is 18.2. The fourth-order valence-electron chi connectivity index (χ4n) is 1.40. The minimum atomic E-state index is -0.842. The Hall–Kier alpha value is -1.82. The Morgan fingerprint density at radius 1 is 1.00 bits per heavy atom. The third-order valence-electron chi connectivity index (χ3n) is 2.12. The predicted molar refractivity (Wildman–Crippen MR) is 84.2 cm³/mol. The highest BCUT2D eigenvalue weighted by Crippen LogP contribution is 2.22. The van der Waals surface area contributed by atoms with Gasteiger partial charge in [0.05, 0.1) is 11.9 Å². The minimum absolute atomic E-state index is 0.216. The van der Waals surface area contributed by atoms with E-state index in [4.69, 9.17) is 21.1 Å². The van der Waals surface area contributed by atoms with E-state index in [2.05, 4.69) is 4.98 Å². The first-order valence-corrected chi connectivity index (χ1v) is 7.14. The monoisotopic (exact) mass is 328 g/mol. The van der Waals surface area contributed by atoms with Crippen molar-refractivity contribution in [3.05, 3.63) is 23.5 Å². The largest absolute Gasteiger partial charge is 0.443 e. The maximum absolute atomic E-state index is 12.3. The maximum atomic E-state index is 12.3. The van der Waals surface area contributed by atoms with E-state index < -0.39 is 23.4 Å². The molecule has 0 radical (unpaired) electrons. The van der Waals surface area contributed by atoms with E-state index in [0.717, 1.165) is 4.90 Å². The molecular formula is C15H21ClN2O4. The van der Waals surface area contributed by atoms with E-state index in [1.54, 1.807) is 41.5 Å². The average molecular weight is 329 g/mol. The van der Waals surface area contributed by atoms with Gasteiger partial charge in [0.15, 0.2) is 0 Å². The van der Waals surface area contributed by atoms with Gasteiger partial charge >= 0.3 is 12.2 Å². The number of carbonyl (C=O) groups is 2. The highest BCUT2D eigenvalue weighted by molar-refractivity contribution is 6.29. The van der Waals surface area contributed by atoms with Crippen molar-refractivity contribution in [2.45, 2.75) is 52.7 Å². The molecule has 0 aliphatic carbocycles. The van der Waals surface area contributed by atoms with Crippen LogP contribution in [-0.2, 0) is 9.47 Å². The molecule has 122 valence electrons. The van der Waals surface area contributed by atoms with Gasteiger partial charge in [-0.2, -0.15) is 4.90 Å². The summed E-state index contributed by atoms with van der Waals surface area (Å²) < 4.78 is 10.5. The average Bonchev–Trinajstić information content (AvgIpc) is 2.27. The second-order valence-corrected chi connectivity index (χ2v) is 7.02. The van der Waals surface area contributed by atoms with Gasteiger partial charge in [0.1, 0.15) is 16.4 Å². The van der Waals surface area contributed by atoms with Gasteiger partial charge in [-0.1, -0.05) is 11.6 Å². The van der Waals surface area contributed by atoms with Crippen molar-refractivity contribution >= 4 is 29.5 Å². The van der Waals surface area contributed by atoms with Crippen molar-refractivity contribution in [3.63, 3.8) is 0 Å². The Kier molecular flexibility index (Phi) is 5.40. The number of halogens is 1. The molecule has 1 rings (SSSR count). The zero-order valence-corrected chi connectivity index (χ0v) is 14.4. The zero-order chi connectivity index (χ0) is 17.1. The number of amides is 2. The fraction of sp³-hybridized carbons (Fsp3) is 0.533. The van der Waals surface area contributed by atoms with Gasteiger partial charge in [-0.25, -0.2) is 14.6 Å². The third-order valence-corrected chi connectivity index (χ3v) is 2.35.